The number of piperazine rings is 1. The van der Waals surface area contributed by atoms with E-state index in [1.165, 1.54) is 6.20 Å². The van der Waals surface area contributed by atoms with Crippen LogP contribution >= 0.6 is 0 Å². The topological polar surface area (TPSA) is 69.6 Å². The molecule has 0 spiro atoms. The predicted molar refractivity (Wildman–Crippen MR) is 67.9 cm³/mol. The number of nitrogens with zero attached hydrogens (tertiary/aromatic N) is 4. The number of hydrogen-bond acceptors (Lipinski definition) is 5. The molecule has 1 aromatic heterocycles. The number of aromatic nitrogens is 2. The molecule has 0 amide bonds. The number of anilines is 1. The molecule has 1 aliphatic heterocycles. The van der Waals surface area contributed by atoms with Crippen molar-refractivity contribution in [3.8, 4) is 0 Å². The zero-order valence-electron chi connectivity index (χ0n) is 10.7. The van der Waals surface area contributed by atoms with Gasteiger partial charge in [0.05, 0.1) is 0 Å². The Morgan fingerprint density at radius 2 is 2.00 bits per heavy atom. The Labute approximate surface area is 106 Å². The highest BCUT2D eigenvalue weighted by atomic mass is 16.4. The lowest BCUT2D eigenvalue weighted by Crippen LogP contribution is -2.49. The Hall–Kier alpha value is -1.69. The summed E-state index contributed by atoms with van der Waals surface area (Å²) in [5.41, 5.74) is 0. The van der Waals surface area contributed by atoms with E-state index in [1.807, 2.05) is 0 Å². The number of aromatic carboxylic acids is 1. The smallest absolute Gasteiger partial charge is 0.374 e. The van der Waals surface area contributed by atoms with Crippen LogP contribution in [0.3, 0.4) is 0 Å². The number of carboxylic acids is 1. The van der Waals surface area contributed by atoms with Gasteiger partial charge in [0.15, 0.2) is 0 Å². The summed E-state index contributed by atoms with van der Waals surface area (Å²) in [7, 11) is 0. The van der Waals surface area contributed by atoms with Crippen LogP contribution in [-0.2, 0) is 0 Å². The number of carboxylic acid groups (broad SMARTS) is 1. The van der Waals surface area contributed by atoms with Crippen LogP contribution in [0.4, 0.5) is 5.82 Å². The molecule has 2 heterocycles. The predicted octanol–water partition coefficient (Wildman–Crippen LogP) is 0.705. The molecule has 18 heavy (non-hydrogen) atoms. The highest BCUT2D eigenvalue weighted by Crippen LogP contribution is 2.14. The first-order valence-corrected chi connectivity index (χ1v) is 6.13. The molecule has 0 radical (unpaired) electrons. The Balaban J connectivity index is 2.05. The first kappa shape index (κ1) is 12.8. The van der Waals surface area contributed by atoms with Gasteiger partial charge in [0.25, 0.3) is 0 Å². The standard InChI is InChI=1S/C12H18N4O2/c1-9(2)15-5-7-16(8-6-15)10-3-4-13-11(14-10)12(17)18/h3-4,9H,5-8H2,1-2H3,(H,17,18). The van der Waals surface area contributed by atoms with E-state index in [0.29, 0.717) is 11.9 Å². The molecule has 1 fully saturated rings. The zero-order valence-corrected chi connectivity index (χ0v) is 10.7. The minimum atomic E-state index is -1.09. The summed E-state index contributed by atoms with van der Waals surface area (Å²) in [6, 6.07) is 2.31. The summed E-state index contributed by atoms with van der Waals surface area (Å²) in [5.74, 6) is -0.526. The van der Waals surface area contributed by atoms with E-state index in [1.54, 1.807) is 6.07 Å². The fraction of sp³-hybridized carbons (Fsp3) is 0.583. The molecule has 0 atom stereocenters. The minimum absolute atomic E-state index is 0.140. The lowest BCUT2D eigenvalue weighted by Gasteiger charge is -2.37. The van der Waals surface area contributed by atoms with Crippen molar-refractivity contribution in [3.05, 3.63) is 18.1 Å². The van der Waals surface area contributed by atoms with Crippen molar-refractivity contribution in [2.24, 2.45) is 0 Å². The summed E-state index contributed by atoms with van der Waals surface area (Å²) >= 11 is 0. The van der Waals surface area contributed by atoms with Crippen LogP contribution in [0, 0.1) is 0 Å². The zero-order chi connectivity index (χ0) is 13.1. The van der Waals surface area contributed by atoms with Gasteiger partial charge in [0, 0.05) is 38.4 Å². The Kier molecular flexibility index (Phi) is 3.76. The molecule has 6 nitrogen and oxygen atoms in total. The van der Waals surface area contributed by atoms with Gasteiger partial charge in [0.1, 0.15) is 5.82 Å². The average Bonchev–Trinajstić information content (AvgIpc) is 2.39. The molecule has 0 bridgehead atoms. The maximum Gasteiger partial charge on any atom is 0.374 e. The molecule has 1 aromatic rings. The van der Waals surface area contributed by atoms with E-state index in [-0.39, 0.29) is 5.82 Å². The first-order chi connectivity index (χ1) is 8.58. The van der Waals surface area contributed by atoms with Crippen LogP contribution in [0.1, 0.15) is 24.5 Å². The van der Waals surface area contributed by atoms with Crippen LogP contribution in [0.15, 0.2) is 12.3 Å². The van der Waals surface area contributed by atoms with Gasteiger partial charge in [-0.15, -0.1) is 0 Å². The summed E-state index contributed by atoms with van der Waals surface area (Å²) in [6.07, 6.45) is 1.50. The Morgan fingerprint density at radius 1 is 1.33 bits per heavy atom. The Morgan fingerprint density at radius 3 is 2.56 bits per heavy atom. The first-order valence-electron chi connectivity index (χ1n) is 6.13. The second-order valence-electron chi connectivity index (χ2n) is 4.66. The molecule has 0 aliphatic carbocycles. The molecule has 1 saturated heterocycles. The van der Waals surface area contributed by atoms with Crippen LogP contribution in [0.2, 0.25) is 0 Å². The van der Waals surface area contributed by atoms with Crippen LogP contribution in [-0.4, -0.2) is 58.2 Å². The van der Waals surface area contributed by atoms with E-state index in [4.69, 9.17) is 5.11 Å². The van der Waals surface area contributed by atoms with Gasteiger partial charge in [-0.25, -0.2) is 14.8 Å². The van der Waals surface area contributed by atoms with Gasteiger partial charge in [-0.05, 0) is 19.9 Å². The van der Waals surface area contributed by atoms with Crippen LogP contribution in [0.5, 0.6) is 0 Å². The second-order valence-corrected chi connectivity index (χ2v) is 4.66. The van der Waals surface area contributed by atoms with Crippen molar-refractivity contribution in [1.29, 1.82) is 0 Å². The van der Waals surface area contributed by atoms with Crippen molar-refractivity contribution >= 4 is 11.8 Å². The van der Waals surface area contributed by atoms with E-state index in [2.05, 4.69) is 33.6 Å². The van der Waals surface area contributed by atoms with Gasteiger partial charge >= 0.3 is 5.97 Å². The van der Waals surface area contributed by atoms with Crippen molar-refractivity contribution in [3.63, 3.8) is 0 Å². The third-order valence-electron chi connectivity index (χ3n) is 3.20. The lowest BCUT2D eigenvalue weighted by atomic mass is 10.2. The van der Waals surface area contributed by atoms with Crippen molar-refractivity contribution in [2.45, 2.75) is 19.9 Å². The molecule has 0 saturated carbocycles. The maximum atomic E-state index is 10.8. The monoisotopic (exact) mass is 250 g/mol. The highest BCUT2D eigenvalue weighted by Gasteiger charge is 2.20. The van der Waals surface area contributed by atoms with E-state index < -0.39 is 5.97 Å². The average molecular weight is 250 g/mol. The molecule has 98 valence electrons. The number of hydrogen-bond donors (Lipinski definition) is 1. The number of rotatable bonds is 3. The molecule has 0 unspecified atom stereocenters. The SMILES string of the molecule is CC(C)N1CCN(c2ccnc(C(=O)O)n2)CC1. The molecular formula is C12H18N4O2. The van der Waals surface area contributed by atoms with Crippen molar-refractivity contribution in [1.82, 2.24) is 14.9 Å². The fourth-order valence-electron chi connectivity index (χ4n) is 2.10. The number of carbonyl (C=O) groups is 1. The lowest BCUT2D eigenvalue weighted by molar-refractivity contribution is 0.0683. The van der Waals surface area contributed by atoms with Gasteiger partial charge < -0.3 is 10.0 Å². The van der Waals surface area contributed by atoms with Gasteiger partial charge in [-0.3, -0.25) is 4.90 Å². The summed E-state index contributed by atoms with van der Waals surface area (Å²) in [4.78, 5) is 23.1. The maximum absolute atomic E-state index is 10.8. The third kappa shape index (κ3) is 2.76. The van der Waals surface area contributed by atoms with Crippen LogP contribution < -0.4 is 4.90 Å². The van der Waals surface area contributed by atoms with Gasteiger partial charge in [-0.2, -0.15) is 0 Å². The molecular weight excluding hydrogens is 232 g/mol. The van der Waals surface area contributed by atoms with Gasteiger partial charge in [-0.1, -0.05) is 0 Å². The largest absolute Gasteiger partial charge is 0.475 e. The quantitative estimate of drug-likeness (QED) is 0.852. The van der Waals surface area contributed by atoms with E-state index in [9.17, 15) is 4.79 Å². The van der Waals surface area contributed by atoms with Crippen molar-refractivity contribution in [2.75, 3.05) is 31.1 Å². The molecule has 2 rings (SSSR count). The molecule has 6 heteroatoms. The van der Waals surface area contributed by atoms with Gasteiger partial charge in [0.2, 0.25) is 5.82 Å². The summed E-state index contributed by atoms with van der Waals surface area (Å²) in [6.45, 7) is 8.06. The highest BCUT2D eigenvalue weighted by molar-refractivity contribution is 5.83. The second kappa shape index (κ2) is 5.30. The fourth-order valence-corrected chi connectivity index (χ4v) is 2.10. The minimum Gasteiger partial charge on any atom is -0.475 e. The normalized spacial score (nSPS) is 17.2. The third-order valence-corrected chi connectivity index (χ3v) is 3.20. The van der Waals surface area contributed by atoms with Crippen LogP contribution in [0.25, 0.3) is 0 Å². The van der Waals surface area contributed by atoms with Crippen molar-refractivity contribution < 1.29 is 9.90 Å². The molecule has 1 N–H and O–H groups in total. The summed E-state index contributed by atoms with van der Waals surface area (Å²) < 4.78 is 0. The summed E-state index contributed by atoms with van der Waals surface area (Å²) in [5, 5.41) is 8.87. The molecule has 1 aliphatic rings. The van der Waals surface area contributed by atoms with E-state index >= 15 is 0 Å². The Bertz CT molecular complexity index is 428. The van der Waals surface area contributed by atoms with E-state index in [0.717, 1.165) is 26.2 Å². The molecule has 0 aromatic carbocycles.